The number of halogens is 3. The van der Waals surface area contributed by atoms with Crippen molar-refractivity contribution in [1.29, 1.82) is 0 Å². The maximum absolute atomic E-state index is 12.9. The molecule has 1 aliphatic rings. The normalized spacial score (nSPS) is 16.5. The molecule has 2 heterocycles. The summed E-state index contributed by atoms with van der Waals surface area (Å²) < 4.78 is 44.0. The first kappa shape index (κ1) is 24.3. The molecule has 0 radical (unpaired) electrons. The van der Waals surface area contributed by atoms with Crippen LogP contribution in [0.5, 0.6) is 0 Å². The number of alkyl halides is 3. The number of para-hydroxylation sites is 1. The van der Waals surface area contributed by atoms with Gasteiger partial charge < -0.3 is 10.1 Å². The van der Waals surface area contributed by atoms with Gasteiger partial charge in [0.2, 0.25) is 5.82 Å². The Labute approximate surface area is 210 Å². The van der Waals surface area contributed by atoms with E-state index >= 15 is 0 Å². The number of ether oxygens (including phenoxy) is 1. The number of nitrogens with zero attached hydrogens (tertiary/aromatic N) is 5. The zero-order chi connectivity index (χ0) is 26.0. The fourth-order valence-corrected chi connectivity index (χ4v) is 4.28. The summed E-state index contributed by atoms with van der Waals surface area (Å²) in [6.45, 7) is 2.43. The quantitative estimate of drug-likeness (QED) is 0.346. The van der Waals surface area contributed by atoms with Gasteiger partial charge in [-0.1, -0.05) is 42.5 Å². The van der Waals surface area contributed by atoms with Gasteiger partial charge in [-0.25, -0.2) is 4.79 Å². The highest BCUT2D eigenvalue weighted by Crippen LogP contribution is 2.32. The minimum atomic E-state index is -4.40. The highest BCUT2D eigenvalue weighted by atomic mass is 19.4. The van der Waals surface area contributed by atoms with Gasteiger partial charge in [0.05, 0.1) is 24.2 Å². The predicted molar refractivity (Wildman–Crippen MR) is 130 cm³/mol. The molecule has 2 atom stereocenters. The summed E-state index contributed by atoms with van der Waals surface area (Å²) in [7, 11) is 0. The second-order valence-electron chi connectivity index (χ2n) is 8.64. The van der Waals surface area contributed by atoms with Gasteiger partial charge in [-0.3, -0.25) is 4.90 Å². The number of amides is 1. The van der Waals surface area contributed by atoms with Gasteiger partial charge in [0.25, 0.3) is 0 Å². The van der Waals surface area contributed by atoms with Crippen molar-refractivity contribution in [3.05, 3.63) is 90.0 Å². The maximum atomic E-state index is 12.9. The van der Waals surface area contributed by atoms with E-state index in [4.69, 9.17) is 4.74 Å². The maximum Gasteiger partial charge on any atom is 0.416 e. The number of cyclic esters (lactones) is 1. The molecule has 1 N–H and O–H groups in total. The molecule has 11 heteroatoms. The Balaban J connectivity index is 1.33. The number of rotatable bonds is 7. The van der Waals surface area contributed by atoms with Crippen LogP contribution in [0.15, 0.2) is 78.9 Å². The summed E-state index contributed by atoms with van der Waals surface area (Å²) in [5.41, 5.74) is 1.99. The van der Waals surface area contributed by atoms with E-state index in [1.807, 2.05) is 37.3 Å². The predicted octanol–water partition coefficient (Wildman–Crippen LogP) is 5.68. The van der Waals surface area contributed by atoms with Gasteiger partial charge in [0.15, 0.2) is 0 Å². The van der Waals surface area contributed by atoms with Gasteiger partial charge in [0.1, 0.15) is 6.61 Å². The molecular weight excluding hydrogens is 485 g/mol. The third-order valence-electron chi connectivity index (χ3n) is 6.19. The summed E-state index contributed by atoms with van der Waals surface area (Å²) >= 11 is 0. The molecule has 0 aliphatic carbocycles. The molecule has 0 spiro atoms. The molecular formula is C26H23F3N6O2. The van der Waals surface area contributed by atoms with Crippen LogP contribution in [-0.4, -0.2) is 43.8 Å². The molecule has 3 aromatic carbocycles. The molecule has 190 valence electrons. The molecule has 0 unspecified atom stereocenters. The molecule has 5 rings (SSSR count). The van der Waals surface area contributed by atoms with Crippen molar-refractivity contribution in [1.82, 2.24) is 25.1 Å². The van der Waals surface area contributed by atoms with Crippen LogP contribution < -0.4 is 5.32 Å². The van der Waals surface area contributed by atoms with E-state index in [1.165, 1.54) is 16.9 Å². The Morgan fingerprint density at radius 2 is 1.73 bits per heavy atom. The lowest BCUT2D eigenvalue weighted by Gasteiger charge is -2.27. The van der Waals surface area contributed by atoms with Crippen LogP contribution >= 0.6 is 0 Å². The van der Waals surface area contributed by atoms with Crippen molar-refractivity contribution in [3.8, 4) is 11.4 Å². The van der Waals surface area contributed by atoms with Crippen molar-refractivity contribution in [3.63, 3.8) is 0 Å². The lowest BCUT2D eigenvalue weighted by Crippen LogP contribution is -2.39. The highest BCUT2D eigenvalue weighted by Gasteiger charge is 2.37. The Morgan fingerprint density at radius 3 is 2.46 bits per heavy atom. The van der Waals surface area contributed by atoms with Crippen molar-refractivity contribution < 1.29 is 22.7 Å². The van der Waals surface area contributed by atoms with E-state index < -0.39 is 17.8 Å². The number of carbonyl (C=O) groups is 1. The Bertz CT molecular complexity index is 1380. The van der Waals surface area contributed by atoms with Crippen LogP contribution in [0.4, 0.5) is 29.3 Å². The first-order valence-corrected chi connectivity index (χ1v) is 11.6. The lowest BCUT2D eigenvalue weighted by atomic mass is 10.1. The van der Waals surface area contributed by atoms with Crippen molar-refractivity contribution in [2.24, 2.45) is 0 Å². The number of carbonyl (C=O) groups excluding carboxylic acids is 1. The van der Waals surface area contributed by atoms with Gasteiger partial charge in [-0.2, -0.15) is 18.0 Å². The highest BCUT2D eigenvalue weighted by molar-refractivity contribution is 5.77. The van der Waals surface area contributed by atoms with Crippen LogP contribution in [-0.2, 0) is 17.5 Å². The monoisotopic (exact) mass is 508 g/mol. The largest absolute Gasteiger partial charge is 0.447 e. The third kappa shape index (κ3) is 5.25. The van der Waals surface area contributed by atoms with Crippen molar-refractivity contribution in [2.45, 2.75) is 31.7 Å². The van der Waals surface area contributed by atoms with E-state index in [2.05, 4.69) is 20.7 Å². The first-order valence-electron chi connectivity index (χ1n) is 11.6. The average molecular weight is 509 g/mol. The van der Waals surface area contributed by atoms with E-state index in [9.17, 15) is 18.0 Å². The van der Waals surface area contributed by atoms with Gasteiger partial charge in [0, 0.05) is 16.9 Å². The first-order chi connectivity index (χ1) is 17.8. The van der Waals surface area contributed by atoms with E-state index in [1.54, 1.807) is 29.2 Å². The zero-order valence-corrected chi connectivity index (χ0v) is 19.8. The fourth-order valence-electron chi connectivity index (χ4n) is 4.28. The number of hydrogen-bond acceptors (Lipinski definition) is 6. The Kier molecular flexibility index (Phi) is 6.51. The molecule has 1 aliphatic heterocycles. The standard InChI is InChI=1S/C26H23F3N6O2/c1-17(18-7-3-2-4-8-18)35-21(16-37-25(35)36)15-34-32-24(31-33-34)22-9-5-6-10-23(22)30-20-13-11-19(12-14-20)26(27,28)29/h2-14,17,21,30H,15-16H2,1H3/t17-,21-/m1/s1. The smallest absolute Gasteiger partial charge is 0.416 e. The molecule has 1 saturated heterocycles. The molecule has 0 saturated carbocycles. The lowest BCUT2D eigenvalue weighted by molar-refractivity contribution is -0.137. The second-order valence-corrected chi connectivity index (χ2v) is 8.64. The number of nitrogens with one attached hydrogen (secondary N) is 1. The molecule has 0 bridgehead atoms. The SMILES string of the molecule is C[C@H](c1ccccc1)N1C(=O)OC[C@H]1Cn1nnc(-c2ccccc2Nc2ccc(C(F)(F)F)cc2)n1. The van der Waals surface area contributed by atoms with Crippen LogP contribution in [0, 0.1) is 0 Å². The van der Waals surface area contributed by atoms with Gasteiger partial charge in [-0.15, -0.1) is 10.2 Å². The summed E-state index contributed by atoms with van der Waals surface area (Å²) in [5, 5.41) is 16.0. The number of tetrazole rings is 1. The fraction of sp³-hybridized carbons (Fsp3) is 0.231. The molecule has 37 heavy (non-hydrogen) atoms. The number of anilines is 2. The van der Waals surface area contributed by atoms with E-state index in [-0.39, 0.29) is 25.2 Å². The average Bonchev–Trinajstić information content (AvgIpc) is 3.51. The van der Waals surface area contributed by atoms with Crippen LogP contribution in [0.25, 0.3) is 11.4 Å². The van der Waals surface area contributed by atoms with E-state index in [0.717, 1.165) is 17.7 Å². The van der Waals surface area contributed by atoms with Crippen molar-refractivity contribution in [2.75, 3.05) is 11.9 Å². The number of benzene rings is 3. The third-order valence-corrected chi connectivity index (χ3v) is 6.19. The molecule has 1 aromatic heterocycles. The van der Waals surface area contributed by atoms with Gasteiger partial charge >= 0.3 is 12.3 Å². The van der Waals surface area contributed by atoms with Gasteiger partial charge in [-0.05, 0) is 54.1 Å². The van der Waals surface area contributed by atoms with Crippen molar-refractivity contribution >= 4 is 17.5 Å². The Morgan fingerprint density at radius 1 is 1.03 bits per heavy atom. The summed E-state index contributed by atoms with van der Waals surface area (Å²) in [4.78, 5) is 15.6. The topological polar surface area (TPSA) is 85.2 Å². The summed E-state index contributed by atoms with van der Waals surface area (Å²) in [5.74, 6) is 0.336. The molecule has 1 fully saturated rings. The summed E-state index contributed by atoms with van der Waals surface area (Å²) in [6.07, 6.45) is -4.80. The van der Waals surface area contributed by atoms with Crippen LogP contribution in [0.2, 0.25) is 0 Å². The molecule has 4 aromatic rings. The second kappa shape index (κ2) is 9.92. The summed E-state index contributed by atoms with van der Waals surface area (Å²) in [6, 6.07) is 21.1. The minimum Gasteiger partial charge on any atom is -0.447 e. The molecule has 8 nitrogen and oxygen atoms in total. The van der Waals surface area contributed by atoms with E-state index in [0.29, 0.717) is 22.8 Å². The number of hydrogen-bond donors (Lipinski definition) is 1. The zero-order valence-electron chi connectivity index (χ0n) is 19.8. The number of aromatic nitrogens is 4. The van der Waals surface area contributed by atoms with Crippen LogP contribution in [0.3, 0.4) is 0 Å². The molecule has 1 amide bonds. The minimum absolute atomic E-state index is 0.196. The van der Waals surface area contributed by atoms with Crippen LogP contribution in [0.1, 0.15) is 24.1 Å². The Hall–Kier alpha value is -4.41.